The monoisotopic (exact) mass is 310 g/mol. The lowest BCUT2D eigenvalue weighted by Gasteiger charge is -2.36. The van der Waals surface area contributed by atoms with Crippen molar-refractivity contribution in [3.63, 3.8) is 0 Å². The summed E-state index contributed by atoms with van der Waals surface area (Å²) in [5.74, 6) is -1.60. The van der Waals surface area contributed by atoms with Gasteiger partial charge in [-0.25, -0.2) is 0 Å². The van der Waals surface area contributed by atoms with Crippen molar-refractivity contribution in [2.24, 2.45) is 17.3 Å². The van der Waals surface area contributed by atoms with Crippen molar-refractivity contribution in [2.75, 3.05) is 14.2 Å². The Hall–Kier alpha value is -0.780. The molecule has 2 aliphatic rings. The first-order valence-electron chi connectivity index (χ1n) is 7.40. The summed E-state index contributed by atoms with van der Waals surface area (Å²) in [5.41, 5.74) is -2.20. The minimum atomic E-state index is -4.47. The number of hydrogen-bond donors (Lipinski definition) is 0. The van der Waals surface area contributed by atoms with Gasteiger partial charge in [0.1, 0.15) is 0 Å². The second-order valence-corrected chi connectivity index (χ2v) is 6.00. The first-order valence-corrected chi connectivity index (χ1v) is 7.40. The van der Waals surface area contributed by atoms with Gasteiger partial charge in [-0.2, -0.15) is 13.2 Å². The van der Waals surface area contributed by atoms with Gasteiger partial charge in [-0.1, -0.05) is 13.3 Å². The third kappa shape index (κ3) is 3.52. The second-order valence-electron chi connectivity index (χ2n) is 6.00. The molecule has 2 bridgehead atoms. The van der Waals surface area contributed by atoms with Crippen LogP contribution >= 0.6 is 0 Å². The van der Waals surface area contributed by atoms with E-state index in [-0.39, 0.29) is 12.3 Å². The Labute approximate surface area is 124 Å². The Balaban J connectivity index is 0.000000315. The summed E-state index contributed by atoms with van der Waals surface area (Å²) in [5, 5.41) is 0. The summed E-state index contributed by atoms with van der Waals surface area (Å²) in [6.45, 7) is 4.16. The minimum Gasteiger partial charge on any atom is -0.468 e. The van der Waals surface area contributed by atoms with Gasteiger partial charge in [0.05, 0.1) is 13.2 Å². The van der Waals surface area contributed by atoms with Crippen LogP contribution in [0.4, 0.5) is 13.2 Å². The number of alkyl halides is 3. The Kier molecular flexibility index (Phi) is 6.08. The van der Waals surface area contributed by atoms with E-state index in [1.165, 1.54) is 0 Å². The largest absolute Gasteiger partial charge is 0.468 e. The molecule has 4 atom stereocenters. The summed E-state index contributed by atoms with van der Waals surface area (Å²) in [4.78, 5) is 11.4. The zero-order valence-electron chi connectivity index (χ0n) is 13.1. The van der Waals surface area contributed by atoms with Crippen LogP contribution in [-0.4, -0.2) is 32.5 Å². The molecule has 124 valence electrons. The van der Waals surface area contributed by atoms with Gasteiger partial charge in [-0.05, 0) is 44.4 Å². The number of ether oxygens (including phenoxy) is 2. The molecule has 0 aromatic heterocycles. The molecule has 2 rings (SSSR count). The van der Waals surface area contributed by atoms with Crippen molar-refractivity contribution >= 4 is 5.97 Å². The van der Waals surface area contributed by atoms with Crippen molar-refractivity contribution in [1.82, 2.24) is 0 Å². The van der Waals surface area contributed by atoms with Crippen LogP contribution in [0.15, 0.2) is 0 Å². The average Bonchev–Trinajstić information content (AvgIpc) is 3.06. The summed E-state index contributed by atoms with van der Waals surface area (Å²) < 4.78 is 48.3. The SMILES string of the molecule is CCC(C)OC.COC(=O)C1(C(F)(F)F)CC2CCC1C2. The van der Waals surface area contributed by atoms with Crippen LogP contribution in [0, 0.1) is 17.3 Å². The van der Waals surface area contributed by atoms with Gasteiger partial charge in [-0.3, -0.25) is 4.79 Å². The maximum Gasteiger partial charge on any atom is 0.405 e. The van der Waals surface area contributed by atoms with E-state index in [0.717, 1.165) is 20.0 Å². The third-order valence-electron chi connectivity index (χ3n) is 4.88. The average molecular weight is 310 g/mol. The first kappa shape index (κ1) is 18.3. The third-order valence-corrected chi connectivity index (χ3v) is 4.88. The molecule has 0 amide bonds. The zero-order chi connectivity index (χ0) is 16.3. The Morgan fingerprint density at radius 3 is 2.19 bits per heavy atom. The number of carbonyl (C=O) groups is 1. The van der Waals surface area contributed by atoms with Gasteiger partial charge in [0.15, 0.2) is 5.41 Å². The van der Waals surface area contributed by atoms with Crippen molar-refractivity contribution in [3.05, 3.63) is 0 Å². The molecule has 0 spiro atoms. The number of carbonyl (C=O) groups excluding carboxylic acids is 1. The molecule has 0 radical (unpaired) electrons. The lowest BCUT2D eigenvalue weighted by atomic mass is 9.72. The van der Waals surface area contributed by atoms with E-state index in [2.05, 4.69) is 18.6 Å². The van der Waals surface area contributed by atoms with E-state index in [1.54, 1.807) is 7.11 Å². The summed E-state index contributed by atoms with van der Waals surface area (Å²) in [6, 6.07) is 0. The molecule has 6 heteroatoms. The zero-order valence-corrected chi connectivity index (χ0v) is 13.1. The number of rotatable bonds is 3. The quantitative estimate of drug-likeness (QED) is 0.740. The number of halogens is 3. The fraction of sp³-hybridized carbons (Fsp3) is 0.933. The standard InChI is InChI=1S/C10H13F3O2.C5H12O/c1-15-8(14)9(10(11,12)13)5-6-2-3-7(9)4-6;1-4-5(2)6-3/h6-7H,2-5H2,1H3;5H,4H2,1-3H3. The van der Waals surface area contributed by atoms with Gasteiger partial charge in [0.2, 0.25) is 0 Å². The molecule has 0 heterocycles. The van der Waals surface area contributed by atoms with Gasteiger partial charge < -0.3 is 9.47 Å². The highest BCUT2D eigenvalue weighted by Crippen LogP contribution is 2.62. The highest BCUT2D eigenvalue weighted by molar-refractivity contribution is 5.79. The van der Waals surface area contributed by atoms with Gasteiger partial charge in [0.25, 0.3) is 0 Å². The minimum absolute atomic E-state index is 0.0516. The van der Waals surface area contributed by atoms with Crippen LogP contribution in [0.1, 0.15) is 46.0 Å². The van der Waals surface area contributed by atoms with Crippen molar-refractivity contribution < 1.29 is 27.4 Å². The normalized spacial score (nSPS) is 32.3. The van der Waals surface area contributed by atoms with Gasteiger partial charge >= 0.3 is 12.1 Å². The van der Waals surface area contributed by atoms with E-state index in [4.69, 9.17) is 4.74 Å². The Morgan fingerprint density at radius 1 is 1.33 bits per heavy atom. The van der Waals surface area contributed by atoms with Crippen molar-refractivity contribution in [3.8, 4) is 0 Å². The van der Waals surface area contributed by atoms with Crippen LogP contribution in [0.2, 0.25) is 0 Å². The summed E-state index contributed by atoms with van der Waals surface area (Å²) in [7, 11) is 2.76. The topological polar surface area (TPSA) is 35.5 Å². The molecular weight excluding hydrogens is 285 g/mol. The smallest absolute Gasteiger partial charge is 0.405 e. The number of hydrogen-bond acceptors (Lipinski definition) is 3. The number of fused-ring (bicyclic) bond motifs is 2. The maximum absolute atomic E-state index is 13.0. The van der Waals surface area contributed by atoms with Crippen LogP contribution in [-0.2, 0) is 14.3 Å². The van der Waals surface area contributed by atoms with E-state index in [0.29, 0.717) is 18.9 Å². The van der Waals surface area contributed by atoms with E-state index >= 15 is 0 Å². The fourth-order valence-corrected chi connectivity index (χ4v) is 3.39. The molecule has 0 aliphatic heterocycles. The molecule has 0 aromatic carbocycles. The molecule has 21 heavy (non-hydrogen) atoms. The molecule has 2 saturated carbocycles. The predicted octanol–water partition coefficient (Wildman–Crippen LogP) is 3.96. The van der Waals surface area contributed by atoms with Crippen LogP contribution < -0.4 is 0 Å². The first-order chi connectivity index (χ1) is 9.72. The van der Waals surface area contributed by atoms with E-state index in [1.807, 2.05) is 0 Å². The van der Waals surface area contributed by atoms with Gasteiger partial charge in [-0.15, -0.1) is 0 Å². The van der Waals surface area contributed by atoms with Crippen LogP contribution in [0.25, 0.3) is 0 Å². The lowest BCUT2D eigenvalue weighted by Crippen LogP contribution is -2.49. The lowest BCUT2D eigenvalue weighted by molar-refractivity contribution is -0.246. The Morgan fingerprint density at radius 2 is 1.95 bits per heavy atom. The molecule has 3 nitrogen and oxygen atoms in total. The predicted molar refractivity (Wildman–Crippen MR) is 72.7 cm³/mol. The second kappa shape index (κ2) is 6.99. The maximum atomic E-state index is 13.0. The molecular formula is C15H25F3O3. The Bertz CT molecular complexity index is 353. The molecule has 2 aliphatic carbocycles. The molecule has 2 fully saturated rings. The number of methoxy groups -OCH3 is 2. The van der Waals surface area contributed by atoms with Crippen molar-refractivity contribution in [1.29, 1.82) is 0 Å². The van der Waals surface area contributed by atoms with Crippen molar-refractivity contribution in [2.45, 2.75) is 58.2 Å². The summed E-state index contributed by atoms with van der Waals surface area (Å²) >= 11 is 0. The number of esters is 1. The van der Waals surface area contributed by atoms with Gasteiger partial charge in [0, 0.05) is 7.11 Å². The fourth-order valence-electron chi connectivity index (χ4n) is 3.39. The van der Waals surface area contributed by atoms with Crippen LogP contribution in [0.3, 0.4) is 0 Å². The molecule has 0 saturated heterocycles. The van der Waals surface area contributed by atoms with E-state index in [9.17, 15) is 18.0 Å². The highest BCUT2D eigenvalue weighted by atomic mass is 19.4. The molecule has 0 aromatic rings. The van der Waals surface area contributed by atoms with Crippen LogP contribution in [0.5, 0.6) is 0 Å². The molecule has 4 unspecified atom stereocenters. The van der Waals surface area contributed by atoms with E-state index < -0.39 is 23.5 Å². The summed E-state index contributed by atoms with van der Waals surface area (Å²) in [6.07, 6.45) is -1.16. The molecule has 0 N–H and O–H groups in total. The highest BCUT2D eigenvalue weighted by Gasteiger charge is 2.70.